The minimum absolute atomic E-state index is 0.136. The number of nitrogens with zero attached hydrogens (tertiary/aromatic N) is 1. The van der Waals surface area contributed by atoms with Crippen LogP contribution in [-0.4, -0.2) is 55.1 Å². The van der Waals surface area contributed by atoms with Crippen molar-refractivity contribution in [1.82, 2.24) is 4.90 Å². The van der Waals surface area contributed by atoms with Gasteiger partial charge < -0.3 is 19.3 Å². The van der Waals surface area contributed by atoms with Crippen LogP contribution in [0.2, 0.25) is 0 Å². The Morgan fingerprint density at radius 2 is 1.79 bits per heavy atom. The predicted molar refractivity (Wildman–Crippen MR) is 92.8 cm³/mol. The first-order chi connectivity index (χ1) is 11.3. The van der Waals surface area contributed by atoms with Crippen LogP contribution in [0.4, 0.5) is 0 Å². The highest BCUT2D eigenvalue weighted by Crippen LogP contribution is 2.42. The largest absolute Gasteiger partial charge is 0.493 e. The second-order valence-electron chi connectivity index (χ2n) is 7.74. The molecule has 0 unspecified atom stereocenters. The molecule has 0 amide bonds. The van der Waals surface area contributed by atoms with Crippen LogP contribution in [0.15, 0.2) is 12.1 Å². The van der Waals surface area contributed by atoms with Gasteiger partial charge in [-0.25, -0.2) is 0 Å². The lowest BCUT2D eigenvalue weighted by molar-refractivity contribution is -0.149. The van der Waals surface area contributed by atoms with Gasteiger partial charge in [0.05, 0.1) is 32.0 Å². The van der Waals surface area contributed by atoms with Gasteiger partial charge in [-0.1, -0.05) is 0 Å². The standard InChI is InChI=1S/C19H29NO4/c1-19(2,3)24-18-11-20-7-6-12-8-16(22-4)17(23-5)9-13(12)14(20)10-15(18)21/h8-9,14-15,18,21H,6-7,10-11H2,1-5H3/t14-,15+,18-/m0/s1. The number of aliphatic hydroxyl groups is 1. The van der Waals surface area contributed by atoms with Gasteiger partial charge in [0, 0.05) is 19.1 Å². The maximum Gasteiger partial charge on any atom is 0.161 e. The molecule has 3 rings (SSSR count). The van der Waals surface area contributed by atoms with Gasteiger partial charge in [0.1, 0.15) is 0 Å². The van der Waals surface area contributed by atoms with E-state index in [-0.39, 0.29) is 17.7 Å². The number of hydrogen-bond donors (Lipinski definition) is 1. The van der Waals surface area contributed by atoms with Crippen LogP contribution in [-0.2, 0) is 11.2 Å². The van der Waals surface area contributed by atoms with E-state index in [0.717, 1.165) is 31.0 Å². The molecule has 5 nitrogen and oxygen atoms in total. The first kappa shape index (κ1) is 17.5. The normalized spacial score (nSPS) is 27.3. The summed E-state index contributed by atoms with van der Waals surface area (Å²) in [6, 6.07) is 4.36. The molecule has 0 bridgehead atoms. The Hall–Kier alpha value is -1.30. The summed E-state index contributed by atoms with van der Waals surface area (Å²) >= 11 is 0. The van der Waals surface area contributed by atoms with E-state index in [2.05, 4.69) is 17.0 Å². The molecule has 2 aliphatic rings. The van der Waals surface area contributed by atoms with Gasteiger partial charge in [-0.3, -0.25) is 4.90 Å². The quantitative estimate of drug-likeness (QED) is 0.920. The molecule has 1 saturated heterocycles. The van der Waals surface area contributed by atoms with Crippen LogP contribution in [0.5, 0.6) is 11.5 Å². The Labute approximate surface area is 144 Å². The van der Waals surface area contributed by atoms with Crippen LogP contribution in [0, 0.1) is 0 Å². The van der Waals surface area contributed by atoms with E-state index in [1.165, 1.54) is 11.1 Å². The van der Waals surface area contributed by atoms with Crippen LogP contribution in [0.1, 0.15) is 44.4 Å². The number of methoxy groups -OCH3 is 2. The lowest BCUT2D eigenvalue weighted by Gasteiger charge is -2.46. The van der Waals surface area contributed by atoms with Crippen LogP contribution in [0.3, 0.4) is 0 Å². The van der Waals surface area contributed by atoms with Gasteiger partial charge in [-0.15, -0.1) is 0 Å². The molecule has 3 atom stereocenters. The highest BCUT2D eigenvalue weighted by atomic mass is 16.5. The Balaban J connectivity index is 1.86. The molecule has 0 radical (unpaired) electrons. The zero-order valence-electron chi connectivity index (χ0n) is 15.3. The third kappa shape index (κ3) is 3.39. The van der Waals surface area contributed by atoms with Gasteiger partial charge in [-0.05, 0) is 56.9 Å². The Bertz CT molecular complexity index is 596. The topological polar surface area (TPSA) is 51.2 Å². The van der Waals surface area contributed by atoms with Crippen LogP contribution < -0.4 is 9.47 Å². The fourth-order valence-corrected chi connectivity index (χ4v) is 3.88. The second kappa shape index (κ2) is 6.54. The van der Waals surface area contributed by atoms with Gasteiger partial charge in [-0.2, -0.15) is 0 Å². The second-order valence-corrected chi connectivity index (χ2v) is 7.74. The van der Waals surface area contributed by atoms with Crippen LogP contribution >= 0.6 is 0 Å². The molecule has 134 valence electrons. The van der Waals surface area contributed by atoms with E-state index in [4.69, 9.17) is 14.2 Å². The molecule has 1 aromatic carbocycles. The van der Waals surface area contributed by atoms with Gasteiger partial charge in [0.25, 0.3) is 0 Å². The third-order valence-electron chi connectivity index (χ3n) is 4.93. The molecule has 0 aromatic heterocycles. The van der Waals surface area contributed by atoms with Crippen molar-refractivity contribution in [3.8, 4) is 11.5 Å². The first-order valence-electron chi connectivity index (χ1n) is 8.67. The number of fused-ring (bicyclic) bond motifs is 3. The fraction of sp³-hybridized carbons (Fsp3) is 0.684. The van der Waals surface area contributed by atoms with Crippen LogP contribution in [0.25, 0.3) is 0 Å². The van der Waals surface area contributed by atoms with Gasteiger partial charge in [0.2, 0.25) is 0 Å². The lowest BCUT2D eigenvalue weighted by Crippen LogP contribution is -2.53. The summed E-state index contributed by atoms with van der Waals surface area (Å²) in [6.07, 6.45) is 1.07. The maximum atomic E-state index is 10.6. The minimum atomic E-state index is -0.454. The molecule has 1 fully saturated rings. The molecule has 2 heterocycles. The summed E-state index contributed by atoms with van der Waals surface area (Å²) < 4.78 is 17.0. The summed E-state index contributed by atoms with van der Waals surface area (Å²) in [5, 5.41) is 10.6. The Morgan fingerprint density at radius 3 is 2.42 bits per heavy atom. The van der Waals surface area contributed by atoms with Crippen molar-refractivity contribution in [3.63, 3.8) is 0 Å². The van der Waals surface area contributed by atoms with Gasteiger partial charge in [0.15, 0.2) is 11.5 Å². The number of aliphatic hydroxyl groups excluding tert-OH is 1. The van der Waals surface area contributed by atoms with E-state index in [9.17, 15) is 5.11 Å². The van der Waals surface area contributed by atoms with Crippen molar-refractivity contribution < 1.29 is 19.3 Å². The monoisotopic (exact) mass is 335 g/mol. The predicted octanol–water partition coefficient (Wildman–Crippen LogP) is 2.55. The first-order valence-corrected chi connectivity index (χ1v) is 8.67. The molecular formula is C19H29NO4. The summed E-state index contributed by atoms with van der Waals surface area (Å²) in [4.78, 5) is 2.43. The van der Waals surface area contributed by atoms with Gasteiger partial charge >= 0.3 is 0 Å². The summed E-state index contributed by atoms with van der Waals surface area (Å²) in [6.45, 7) is 7.85. The van der Waals surface area contributed by atoms with Crippen molar-refractivity contribution in [3.05, 3.63) is 23.3 Å². The average Bonchev–Trinajstić information content (AvgIpc) is 2.53. The third-order valence-corrected chi connectivity index (χ3v) is 4.93. The number of ether oxygens (including phenoxy) is 3. The smallest absolute Gasteiger partial charge is 0.161 e. The SMILES string of the molecule is COc1cc2c(cc1OC)[C@@H]1C[C@@H](O)[C@@H](OC(C)(C)C)CN1CC2. The summed E-state index contributed by atoms with van der Waals surface area (Å²) in [7, 11) is 3.33. The van der Waals surface area contributed by atoms with Crippen molar-refractivity contribution in [2.24, 2.45) is 0 Å². The molecule has 0 spiro atoms. The molecule has 0 aliphatic carbocycles. The van der Waals surface area contributed by atoms with E-state index in [0.29, 0.717) is 6.42 Å². The molecule has 5 heteroatoms. The molecule has 1 aromatic rings. The average molecular weight is 335 g/mol. The Morgan fingerprint density at radius 1 is 1.12 bits per heavy atom. The lowest BCUT2D eigenvalue weighted by atomic mass is 9.84. The van der Waals surface area contributed by atoms with Crippen molar-refractivity contribution in [2.75, 3.05) is 27.3 Å². The Kier molecular flexibility index (Phi) is 4.78. The highest BCUT2D eigenvalue weighted by Gasteiger charge is 2.40. The van der Waals surface area contributed by atoms with Crippen molar-refractivity contribution in [1.29, 1.82) is 0 Å². The molecule has 2 aliphatic heterocycles. The van der Waals surface area contributed by atoms with E-state index >= 15 is 0 Å². The molecular weight excluding hydrogens is 306 g/mol. The van der Waals surface area contributed by atoms with Crippen molar-refractivity contribution >= 4 is 0 Å². The van der Waals surface area contributed by atoms with E-state index < -0.39 is 6.10 Å². The number of benzene rings is 1. The number of piperidine rings is 1. The van der Waals surface area contributed by atoms with E-state index in [1.807, 2.05) is 20.8 Å². The van der Waals surface area contributed by atoms with E-state index in [1.54, 1.807) is 14.2 Å². The molecule has 24 heavy (non-hydrogen) atoms. The van der Waals surface area contributed by atoms with Crippen molar-refractivity contribution in [2.45, 2.75) is 57.5 Å². The number of rotatable bonds is 3. The summed E-state index contributed by atoms with van der Waals surface area (Å²) in [5.74, 6) is 1.52. The highest BCUT2D eigenvalue weighted by molar-refractivity contribution is 5.49. The molecule has 1 N–H and O–H groups in total. The fourth-order valence-electron chi connectivity index (χ4n) is 3.88. The zero-order chi connectivity index (χ0) is 17.5. The minimum Gasteiger partial charge on any atom is -0.493 e. The molecule has 0 saturated carbocycles. The maximum absolute atomic E-state index is 10.6. The number of hydrogen-bond acceptors (Lipinski definition) is 5. The zero-order valence-corrected chi connectivity index (χ0v) is 15.3. The summed E-state index contributed by atoms with van der Waals surface area (Å²) in [5.41, 5.74) is 2.28.